The van der Waals surface area contributed by atoms with Crippen LogP contribution in [0.25, 0.3) is 33.2 Å². The number of hydrogen-bond donors (Lipinski definition) is 0. The molecule has 0 amide bonds. The molecule has 326 valence electrons. The normalized spacial score (nSPS) is 13.8. The molecule has 0 aliphatic carbocycles. The molecule has 0 atom stereocenters. The summed E-state index contributed by atoms with van der Waals surface area (Å²) in [6.45, 7) is 30.4. The van der Waals surface area contributed by atoms with Gasteiger partial charge in [-0.25, -0.2) is 0 Å². The number of nitrogens with zero attached hydrogens (tertiary/aromatic N) is 2. The fourth-order valence-electron chi connectivity index (χ4n) is 10.1. The van der Waals surface area contributed by atoms with Crippen LogP contribution in [-0.4, -0.2) is 22.9 Å². The Hall–Kier alpha value is -5.82. The summed E-state index contributed by atoms with van der Waals surface area (Å²) in [5, 5.41) is 4.10. The zero-order chi connectivity index (χ0) is 46.0. The molecule has 0 fully saturated rings. The van der Waals surface area contributed by atoms with Crippen molar-refractivity contribution in [2.75, 3.05) is 9.80 Å². The Kier molecular flexibility index (Phi) is 10.0. The summed E-state index contributed by atoms with van der Waals surface area (Å²) in [6.07, 6.45) is 0. The number of furan rings is 1. The number of hydrogen-bond acceptors (Lipinski definition) is 3. The average Bonchev–Trinajstić information content (AvgIpc) is 3.64. The second-order valence-electron chi connectivity index (χ2n) is 22.9. The summed E-state index contributed by atoms with van der Waals surface area (Å²) in [5.74, 6) is 0. The summed E-state index contributed by atoms with van der Waals surface area (Å²) in [7, 11) is -2.87. The van der Waals surface area contributed by atoms with Gasteiger partial charge in [0, 0.05) is 33.8 Å². The Morgan fingerprint density at radius 1 is 0.462 bits per heavy atom. The van der Waals surface area contributed by atoms with E-state index in [0.29, 0.717) is 0 Å². The van der Waals surface area contributed by atoms with Crippen LogP contribution in [0.4, 0.5) is 34.1 Å². The molecule has 65 heavy (non-hydrogen) atoms. The minimum absolute atomic E-state index is 0.0291. The molecule has 2 aliphatic rings. The van der Waals surface area contributed by atoms with Crippen molar-refractivity contribution in [2.45, 2.75) is 98.6 Å². The molecule has 0 saturated heterocycles. The van der Waals surface area contributed by atoms with Crippen LogP contribution in [0.3, 0.4) is 0 Å². The van der Waals surface area contributed by atoms with Gasteiger partial charge >= 0.3 is 0 Å². The van der Waals surface area contributed by atoms with Crippen LogP contribution in [0.5, 0.6) is 0 Å². The summed E-state index contributed by atoms with van der Waals surface area (Å²) in [4.78, 5) is 5.03. The number of aryl methyl sites for hydroxylation is 1. The minimum atomic E-state index is -1.46. The Morgan fingerprint density at radius 3 is 1.46 bits per heavy atom. The zero-order valence-corrected chi connectivity index (χ0v) is 42.7. The van der Waals surface area contributed by atoms with Crippen LogP contribution in [0.15, 0.2) is 150 Å². The number of anilines is 6. The van der Waals surface area contributed by atoms with Gasteiger partial charge in [0.1, 0.15) is 5.58 Å². The van der Waals surface area contributed by atoms with Crippen molar-refractivity contribution in [2.24, 2.45) is 0 Å². The molecule has 1 aromatic heterocycles. The maximum absolute atomic E-state index is 7.30. The molecule has 0 bridgehead atoms. The van der Waals surface area contributed by atoms with Crippen molar-refractivity contribution in [1.82, 2.24) is 0 Å². The topological polar surface area (TPSA) is 19.6 Å². The van der Waals surface area contributed by atoms with Crippen molar-refractivity contribution < 1.29 is 4.42 Å². The van der Waals surface area contributed by atoms with Crippen LogP contribution in [0.2, 0.25) is 39.3 Å². The van der Waals surface area contributed by atoms with E-state index >= 15 is 0 Å². The van der Waals surface area contributed by atoms with E-state index in [1.54, 1.807) is 0 Å². The van der Waals surface area contributed by atoms with E-state index in [-0.39, 0.29) is 17.5 Å². The highest BCUT2D eigenvalue weighted by Crippen LogP contribution is 2.48. The quantitative estimate of drug-likeness (QED) is 0.155. The maximum atomic E-state index is 7.30. The molecule has 0 unspecified atom stereocenters. The Bertz CT molecular complexity index is 3120. The van der Waals surface area contributed by atoms with Crippen LogP contribution in [0, 0.1) is 6.92 Å². The molecule has 2 aliphatic heterocycles. The minimum Gasteiger partial charge on any atom is -0.468 e. The van der Waals surface area contributed by atoms with Gasteiger partial charge in [0.15, 0.2) is 0 Å². The van der Waals surface area contributed by atoms with Gasteiger partial charge in [0.05, 0.1) is 27.5 Å². The van der Waals surface area contributed by atoms with Crippen LogP contribution < -0.4 is 36.8 Å². The third-order valence-corrected chi connectivity index (χ3v) is 18.1. The smallest absolute Gasteiger partial charge is 0.297 e. The molecular weight excluding hydrogens is 820 g/mol. The summed E-state index contributed by atoms with van der Waals surface area (Å²) in [5.41, 5.74) is 20.1. The number of benzene rings is 7. The van der Waals surface area contributed by atoms with E-state index in [1.807, 2.05) is 0 Å². The SMILES string of the molecule is Cc1cc2c3c(c1)N(c1ccc(C(C)(C)C)cc1)c1c(oc4ccc(C(C)(C)C)cc14)B3c1cc(-c3ccc([Si](C)(C)C)cc3)ccc1N2c1ccc(-c2ccc([Si](C)(C)C)cc2)cc1. The predicted octanol–water partition coefficient (Wildman–Crippen LogP) is 13.8. The first kappa shape index (κ1) is 43.1. The Morgan fingerprint density at radius 2 is 0.923 bits per heavy atom. The van der Waals surface area contributed by atoms with E-state index in [4.69, 9.17) is 4.42 Å². The highest BCUT2D eigenvalue weighted by molar-refractivity contribution is 7.00. The molecule has 6 heteroatoms. The second-order valence-corrected chi connectivity index (χ2v) is 33.0. The van der Waals surface area contributed by atoms with Crippen LogP contribution in [0.1, 0.15) is 58.2 Å². The molecule has 10 rings (SSSR count). The highest BCUT2D eigenvalue weighted by Gasteiger charge is 2.47. The van der Waals surface area contributed by atoms with Gasteiger partial charge in [-0.3, -0.25) is 0 Å². The van der Waals surface area contributed by atoms with Crippen molar-refractivity contribution in [3.63, 3.8) is 0 Å². The Balaban J connectivity index is 1.22. The van der Waals surface area contributed by atoms with E-state index in [0.717, 1.165) is 33.7 Å². The lowest BCUT2D eigenvalue weighted by Crippen LogP contribution is -2.61. The Labute approximate surface area is 390 Å². The molecule has 0 spiro atoms. The lowest BCUT2D eigenvalue weighted by Gasteiger charge is -2.43. The van der Waals surface area contributed by atoms with Gasteiger partial charge < -0.3 is 14.2 Å². The first-order chi connectivity index (χ1) is 30.6. The van der Waals surface area contributed by atoms with Gasteiger partial charge in [-0.05, 0) is 122 Å². The van der Waals surface area contributed by atoms with Gasteiger partial charge in [-0.15, -0.1) is 0 Å². The fraction of sp³-hybridized carbons (Fsp3) is 0.254. The van der Waals surface area contributed by atoms with Crippen molar-refractivity contribution in [1.29, 1.82) is 0 Å². The van der Waals surface area contributed by atoms with E-state index in [2.05, 4.69) is 243 Å². The zero-order valence-electron chi connectivity index (χ0n) is 40.7. The molecule has 3 nitrogen and oxygen atoms in total. The van der Waals surface area contributed by atoms with Gasteiger partial charge in [0.25, 0.3) is 6.71 Å². The highest BCUT2D eigenvalue weighted by atomic mass is 28.3. The summed E-state index contributed by atoms with van der Waals surface area (Å²) in [6, 6.07) is 56.0. The van der Waals surface area contributed by atoms with Gasteiger partial charge in [-0.1, -0.05) is 182 Å². The molecule has 0 saturated carbocycles. The van der Waals surface area contributed by atoms with Crippen molar-refractivity contribution in [3.05, 3.63) is 162 Å². The van der Waals surface area contributed by atoms with E-state index in [1.165, 1.54) is 77.3 Å². The van der Waals surface area contributed by atoms with Gasteiger partial charge in [-0.2, -0.15) is 0 Å². The predicted molar refractivity (Wildman–Crippen MR) is 289 cm³/mol. The maximum Gasteiger partial charge on any atom is 0.297 e. The van der Waals surface area contributed by atoms with Crippen LogP contribution >= 0.6 is 0 Å². The van der Waals surface area contributed by atoms with Crippen molar-refractivity contribution >= 4 is 94.9 Å². The summed E-state index contributed by atoms with van der Waals surface area (Å²) >= 11 is 0. The third kappa shape index (κ3) is 7.53. The largest absolute Gasteiger partial charge is 0.468 e. The molecule has 0 radical (unpaired) electrons. The van der Waals surface area contributed by atoms with E-state index in [9.17, 15) is 0 Å². The average molecular weight is 883 g/mol. The third-order valence-electron chi connectivity index (χ3n) is 14.0. The molecule has 3 heterocycles. The van der Waals surface area contributed by atoms with E-state index < -0.39 is 16.1 Å². The number of rotatable bonds is 6. The monoisotopic (exact) mass is 882 g/mol. The van der Waals surface area contributed by atoms with Gasteiger partial charge in [0.2, 0.25) is 0 Å². The first-order valence-corrected chi connectivity index (χ1v) is 30.5. The molecule has 0 N–H and O–H groups in total. The molecular formula is C59H63BN2OSi2. The molecule has 7 aromatic carbocycles. The molecule has 8 aromatic rings. The number of fused-ring (bicyclic) bond motifs is 6. The lowest BCUT2D eigenvalue weighted by atomic mass is 9.35. The second kappa shape index (κ2) is 15.1. The lowest BCUT2D eigenvalue weighted by molar-refractivity contribution is 0.590. The standard InChI is InChI=1S/C59H63BN2OSi2/c1-38-34-52-55-53(35-38)62(46-26-21-43(22-27-46)58(2,3)4)56-49-37-44(59(5,6)7)23-33-54(49)63-57(56)60(55)50-36-42(41-18-30-48(31-19-41)65(11,12)13)20-32-51(50)61(52)45-24-14-39(15-25-45)40-16-28-47(29-17-40)64(8,9)10/h14-37H,1-13H3. The first-order valence-electron chi connectivity index (χ1n) is 23.5. The fourth-order valence-corrected chi connectivity index (χ4v) is 12.4. The van der Waals surface area contributed by atoms with Crippen molar-refractivity contribution in [3.8, 4) is 22.3 Å². The summed E-state index contributed by atoms with van der Waals surface area (Å²) < 4.78 is 7.30. The van der Waals surface area contributed by atoms with Crippen LogP contribution in [-0.2, 0) is 10.8 Å².